The Morgan fingerprint density at radius 1 is 1.15 bits per heavy atom. The second-order valence-corrected chi connectivity index (χ2v) is 6.37. The molecule has 1 heterocycles. The quantitative estimate of drug-likeness (QED) is 0.484. The molecule has 0 unspecified atom stereocenters. The Morgan fingerprint density at radius 2 is 1.92 bits per heavy atom. The molecule has 2 aromatic carbocycles. The van der Waals surface area contributed by atoms with Gasteiger partial charge in [0, 0.05) is 23.4 Å². The summed E-state index contributed by atoms with van der Waals surface area (Å²) in [7, 11) is 0. The van der Waals surface area contributed by atoms with Crippen LogP contribution in [0.1, 0.15) is 28.8 Å². The first-order valence-electron chi connectivity index (χ1n) is 8.25. The van der Waals surface area contributed by atoms with E-state index in [1.165, 1.54) is 6.07 Å². The number of rotatable bonds is 7. The number of aromatic nitrogens is 1. The van der Waals surface area contributed by atoms with Gasteiger partial charge in [-0.15, -0.1) is 0 Å². The first-order valence-corrected chi connectivity index (χ1v) is 8.63. The van der Waals surface area contributed by atoms with Gasteiger partial charge in [-0.3, -0.25) is 9.59 Å². The minimum absolute atomic E-state index is 0.109. The van der Waals surface area contributed by atoms with Crippen molar-refractivity contribution in [2.24, 2.45) is 0 Å². The average molecular weight is 372 g/mol. The standard InChI is InChI=1S/C20H18ClNO4/c21-14-8-9-16-15(11-14)19(24)18(20(25)22-16)17(23)7-4-10-26-12-13-5-2-1-3-6-13/h1-3,5-6,8-9,11H,4,7,10,12H2,(H2,22,24,25). The maximum Gasteiger partial charge on any atom is 0.263 e. The summed E-state index contributed by atoms with van der Waals surface area (Å²) >= 11 is 5.93. The molecule has 0 radical (unpaired) electrons. The molecule has 0 fully saturated rings. The van der Waals surface area contributed by atoms with Crippen molar-refractivity contribution in [3.05, 3.63) is 75.0 Å². The van der Waals surface area contributed by atoms with E-state index in [-0.39, 0.29) is 17.7 Å². The van der Waals surface area contributed by atoms with Crippen LogP contribution in [0, 0.1) is 0 Å². The third-order valence-electron chi connectivity index (χ3n) is 4.03. The molecule has 0 aliphatic heterocycles. The van der Waals surface area contributed by atoms with Gasteiger partial charge in [0.1, 0.15) is 11.3 Å². The van der Waals surface area contributed by atoms with Crippen LogP contribution in [0.15, 0.2) is 53.3 Å². The summed E-state index contributed by atoms with van der Waals surface area (Å²) in [4.78, 5) is 27.1. The van der Waals surface area contributed by atoms with E-state index in [1.807, 2.05) is 30.3 Å². The molecule has 0 saturated carbocycles. The summed E-state index contributed by atoms with van der Waals surface area (Å²) in [6.45, 7) is 0.855. The van der Waals surface area contributed by atoms with Gasteiger partial charge < -0.3 is 14.8 Å². The van der Waals surface area contributed by atoms with Crippen LogP contribution < -0.4 is 5.56 Å². The number of benzene rings is 2. The molecule has 5 nitrogen and oxygen atoms in total. The van der Waals surface area contributed by atoms with Crippen molar-refractivity contribution in [2.45, 2.75) is 19.4 Å². The fraction of sp³-hybridized carbons (Fsp3) is 0.200. The van der Waals surface area contributed by atoms with E-state index in [2.05, 4.69) is 4.98 Å². The van der Waals surface area contributed by atoms with E-state index in [9.17, 15) is 14.7 Å². The molecule has 0 atom stereocenters. The van der Waals surface area contributed by atoms with Gasteiger partial charge in [-0.1, -0.05) is 41.9 Å². The molecule has 0 saturated heterocycles. The Labute approximate surface area is 155 Å². The van der Waals surface area contributed by atoms with Gasteiger partial charge >= 0.3 is 0 Å². The molecule has 3 rings (SSSR count). The lowest BCUT2D eigenvalue weighted by atomic mass is 10.0. The van der Waals surface area contributed by atoms with Crippen molar-refractivity contribution < 1.29 is 14.6 Å². The summed E-state index contributed by atoms with van der Waals surface area (Å²) < 4.78 is 5.53. The van der Waals surface area contributed by atoms with Crippen molar-refractivity contribution in [3.8, 4) is 5.75 Å². The van der Waals surface area contributed by atoms with E-state index in [0.717, 1.165) is 5.56 Å². The largest absolute Gasteiger partial charge is 0.506 e. The van der Waals surface area contributed by atoms with Crippen LogP contribution in [0.25, 0.3) is 10.9 Å². The predicted octanol–water partition coefficient (Wildman–Crippen LogP) is 4.07. The second kappa shape index (κ2) is 8.17. The first-order chi connectivity index (χ1) is 12.6. The number of ether oxygens (including phenoxy) is 1. The topological polar surface area (TPSA) is 79.4 Å². The molecule has 3 aromatic rings. The zero-order chi connectivity index (χ0) is 18.5. The first kappa shape index (κ1) is 18.2. The number of carbonyl (C=O) groups is 1. The van der Waals surface area contributed by atoms with Crippen LogP contribution in [0.4, 0.5) is 0 Å². The zero-order valence-corrected chi connectivity index (χ0v) is 14.8. The fourth-order valence-electron chi connectivity index (χ4n) is 2.73. The van der Waals surface area contributed by atoms with Crippen molar-refractivity contribution in [3.63, 3.8) is 0 Å². The molecule has 26 heavy (non-hydrogen) atoms. The van der Waals surface area contributed by atoms with Crippen LogP contribution in [-0.2, 0) is 11.3 Å². The summed E-state index contributed by atoms with van der Waals surface area (Å²) in [5, 5.41) is 11.1. The lowest BCUT2D eigenvalue weighted by molar-refractivity contribution is 0.0916. The van der Waals surface area contributed by atoms with Gasteiger partial charge in [0.25, 0.3) is 5.56 Å². The van der Waals surface area contributed by atoms with Crippen LogP contribution in [0.2, 0.25) is 5.02 Å². The van der Waals surface area contributed by atoms with Gasteiger partial charge in [-0.25, -0.2) is 0 Å². The number of Topliss-reactive ketones (excluding diaryl/α,β-unsaturated/α-hetero) is 1. The highest BCUT2D eigenvalue weighted by Crippen LogP contribution is 2.28. The average Bonchev–Trinajstić information content (AvgIpc) is 2.63. The van der Waals surface area contributed by atoms with Crippen molar-refractivity contribution >= 4 is 28.3 Å². The Bertz CT molecular complexity index is 982. The third-order valence-corrected chi connectivity index (χ3v) is 4.27. The molecular formula is C20H18ClNO4. The summed E-state index contributed by atoms with van der Waals surface area (Å²) in [6, 6.07) is 14.4. The Kier molecular flexibility index (Phi) is 5.71. The molecule has 6 heteroatoms. The highest BCUT2D eigenvalue weighted by Gasteiger charge is 2.18. The molecule has 2 N–H and O–H groups in total. The van der Waals surface area contributed by atoms with Crippen LogP contribution >= 0.6 is 11.6 Å². The molecule has 0 spiro atoms. The molecule has 134 valence electrons. The predicted molar refractivity (Wildman–Crippen MR) is 101 cm³/mol. The van der Waals surface area contributed by atoms with E-state index < -0.39 is 11.3 Å². The normalized spacial score (nSPS) is 11.0. The molecule has 0 aliphatic carbocycles. The lowest BCUT2D eigenvalue weighted by Gasteiger charge is -2.08. The number of fused-ring (bicyclic) bond motifs is 1. The number of aromatic hydroxyl groups is 1. The van der Waals surface area contributed by atoms with Gasteiger partial charge in [0.2, 0.25) is 0 Å². The number of nitrogens with one attached hydrogen (secondary N) is 1. The molecule has 0 amide bonds. The molecule has 0 aliphatic rings. The van der Waals surface area contributed by atoms with Gasteiger partial charge in [0.15, 0.2) is 5.78 Å². The number of H-pyrrole nitrogens is 1. The lowest BCUT2D eigenvalue weighted by Crippen LogP contribution is -2.18. The SMILES string of the molecule is O=C(CCCOCc1ccccc1)c1c(O)c2cc(Cl)ccc2[nH]c1=O. The number of hydrogen-bond donors (Lipinski definition) is 2. The number of halogens is 1. The number of pyridine rings is 1. The number of aromatic amines is 1. The molecular weight excluding hydrogens is 354 g/mol. The van der Waals surface area contributed by atoms with E-state index >= 15 is 0 Å². The highest BCUT2D eigenvalue weighted by molar-refractivity contribution is 6.31. The van der Waals surface area contributed by atoms with E-state index in [1.54, 1.807) is 12.1 Å². The van der Waals surface area contributed by atoms with Gasteiger partial charge in [-0.2, -0.15) is 0 Å². The maximum absolute atomic E-state index is 12.4. The Hall–Kier alpha value is -2.63. The van der Waals surface area contributed by atoms with Crippen LogP contribution in [-0.4, -0.2) is 22.5 Å². The van der Waals surface area contributed by atoms with Gasteiger partial charge in [0.05, 0.1) is 12.1 Å². The minimum atomic E-state index is -0.604. The molecule has 1 aromatic heterocycles. The number of hydrogen-bond acceptors (Lipinski definition) is 4. The Morgan fingerprint density at radius 3 is 2.69 bits per heavy atom. The minimum Gasteiger partial charge on any atom is -0.506 e. The summed E-state index contributed by atoms with van der Waals surface area (Å²) in [6.07, 6.45) is 0.565. The summed E-state index contributed by atoms with van der Waals surface area (Å²) in [5.41, 5.74) is 0.648. The van der Waals surface area contributed by atoms with Crippen molar-refractivity contribution in [1.82, 2.24) is 4.98 Å². The van der Waals surface area contributed by atoms with Gasteiger partial charge in [-0.05, 0) is 30.2 Å². The van der Waals surface area contributed by atoms with E-state index in [4.69, 9.17) is 16.3 Å². The second-order valence-electron chi connectivity index (χ2n) is 5.93. The third kappa shape index (κ3) is 4.12. The van der Waals surface area contributed by atoms with E-state index in [0.29, 0.717) is 35.6 Å². The molecule has 0 bridgehead atoms. The van der Waals surface area contributed by atoms with Crippen LogP contribution in [0.3, 0.4) is 0 Å². The Balaban J connectivity index is 1.63. The van der Waals surface area contributed by atoms with Crippen LogP contribution in [0.5, 0.6) is 5.75 Å². The number of ketones is 1. The van der Waals surface area contributed by atoms with Crippen molar-refractivity contribution in [2.75, 3.05) is 6.61 Å². The van der Waals surface area contributed by atoms with Crippen molar-refractivity contribution in [1.29, 1.82) is 0 Å². The zero-order valence-electron chi connectivity index (χ0n) is 14.0. The smallest absolute Gasteiger partial charge is 0.263 e. The maximum atomic E-state index is 12.4. The monoisotopic (exact) mass is 371 g/mol. The number of carbonyl (C=O) groups excluding carboxylic acids is 1. The highest BCUT2D eigenvalue weighted by atomic mass is 35.5. The summed E-state index contributed by atoms with van der Waals surface area (Å²) in [5.74, 6) is -0.754. The fourth-order valence-corrected chi connectivity index (χ4v) is 2.90.